The lowest BCUT2D eigenvalue weighted by Gasteiger charge is -2.17. The van der Waals surface area contributed by atoms with Gasteiger partial charge in [-0.05, 0) is 6.92 Å². The minimum Gasteiger partial charge on any atom is -0.365 e. The van der Waals surface area contributed by atoms with Crippen molar-refractivity contribution in [2.24, 2.45) is 15.7 Å². The van der Waals surface area contributed by atoms with E-state index in [1.54, 1.807) is 6.92 Å². The van der Waals surface area contributed by atoms with Gasteiger partial charge in [-0.1, -0.05) is 0 Å². The second kappa shape index (κ2) is 2.76. The Balaban J connectivity index is 2.44. The largest absolute Gasteiger partial charge is 0.365 e. The van der Waals surface area contributed by atoms with E-state index in [9.17, 15) is 9.59 Å². The van der Waals surface area contributed by atoms with Crippen molar-refractivity contribution in [3.63, 3.8) is 0 Å². The number of primary amides is 1. The summed E-state index contributed by atoms with van der Waals surface area (Å²) in [4.78, 5) is 30.2. The highest BCUT2D eigenvalue weighted by molar-refractivity contribution is 6.74. The van der Waals surface area contributed by atoms with Gasteiger partial charge < -0.3 is 11.1 Å². The molecule has 0 aliphatic carbocycles. The van der Waals surface area contributed by atoms with Gasteiger partial charge >= 0.3 is 0 Å². The van der Waals surface area contributed by atoms with Crippen LogP contribution in [0, 0.1) is 0 Å². The minimum absolute atomic E-state index is 0.164. The summed E-state index contributed by atoms with van der Waals surface area (Å²) in [5.41, 5.74) is 5.76. The van der Waals surface area contributed by atoms with Crippen LogP contribution < -0.4 is 11.1 Å². The molecule has 0 saturated heterocycles. The molecule has 2 rings (SSSR count). The molecular formula is C8H8N4O2. The van der Waals surface area contributed by atoms with E-state index in [0.29, 0.717) is 5.71 Å². The Morgan fingerprint density at radius 1 is 1.57 bits per heavy atom. The molecule has 2 aliphatic rings. The molecule has 0 fully saturated rings. The van der Waals surface area contributed by atoms with Crippen molar-refractivity contribution >= 4 is 23.2 Å². The predicted molar refractivity (Wildman–Crippen MR) is 49.8 cm³/mol. The van der Waals surface area contributed by atoms with Crippen molar-refractivity contribution in [3.05, 3.63) is 11.8 Å². The average molecular weight is 192 g/mol. The standard InChI is InChI=1S/C8H8N4O2/c1-3-11-5-4(7(9)13)2-10-6(5)8(14)12-3/h2-3H,1H3,(H2,9,13)(H,12,14). The highest BCUT2D eigenvalue weighted by Gasteiger charge is 2.32. The van der Waals surface area contributed by atoms with E-state index in [2.05, 4.69) is 15.3 Å². The number of rotatable bonds is 1. The van der Waals surface area contributed by atoms with Crippen molar-refractivity contribution in [2.45, 2.75) is 13.1 Å². The summed E-state index contributed by atoms with van der Waals surface area (Å²) in [6, 6.07) is 0. The maximum absolute atomic E-state index is 11.3. The molecule has 14 heavy (non-hydrogen) atoms. The molecule has 0 saturated carbocycles. The van der Waals surface area contributed by atoms with E-state index in [-0.39, 0.29) is 23.4 Å². The quantitative estimate of drug-likeness (QED) is 0.541. The predicted octanol–water partition coefficient (Wildman–Crippen LogP) is -1.27. The van der Waals surface area contributed by atoms with E-state index < -0.39 is 5.91 Å². The number of carbonyl (C=O) groups excluding carboxylic acids is 2. The third-order valence-corrected chi connectivity index (χ3v) is 1.95. The number of nitrogens with two attached hydrogens (primary N) is 1. The van der Waals surface area contributed by atoms with Crippen LogP contribution in [0.25, 0.3) is 0 Å². The Labute approximate surface area is 79.6 Å². The van der Waals surface area contributed by atoms with Crippen molar-refractivity contribution in [2.75, 3.05) is 0 Å². The SMILES string of the molecule is CC1N=C2C(C(N)=O)=CN=C2C(=O)N1. The van der Waals surface area contributed by atoms with E-state index in [1.807, 2.05) is 0 Å². The van der Waals surface area contributed by atoms with E-state index in [1.165, 1.54) is 6.20 Å². The summed E-state index contributed by atoms with van der Waals surface area (Å²) < 4.78 is 0. The van der Waals surface area contributed by atoms with Gasteiger partial charge in [0.15, 0.2) is 5.71 Å². The summed E-state index contributed by atoms with van der Waals surface area (Å²) in [5, 5.41) is 2.57. The number of nitrogens with zero attached hydrogens (tertiary/aromatic N) is 2. The Kier molecular flexibility index (Phi) is 1.70. The molecular weight excluding hydrogens is 184 g/mol. The molecule has 3 N–H and O–H groups in total. The van der Waals surface area contributed by atoms with Crippen LogP contribution in [0.4, 0.5) is 0 Å². The van der Waals surface area contributed by atoms with E-state index in [0.717, 1.165) is 0 Å². The van der Waals surface area contributed by atoms with Crippen LogP contribution in [0.2, 0.25) is 0 Å². The van der Waals surface area contributed by atoms with Crippen LogP contribution in [0.3, 0.4) is 0 Å². The average Bonchev–Trinajstić information content (AvgIpc) is 2.47. The highest BCUT2D eigenvalue weighted by atomic mass is 16.2. The molecule has 1 atom stereocenters. The molecule has 72 valence electrons. The summed E-state index contributed by atoms with van der Waals surface area (Å²) in [5.74, 6) is -0.945. The molecule has 0 bridgehead atoms. The van der Waals surface area contributed by atoms with Gasteiger partial charge in [0.05, 0.1) is 5.57 Å². The fourth-order valence-corrected chi connectivity index (χ4v) is 1.34. The number of hydrogen-bond donors (Lipinski definition) is 2. The Hall–Kier alpha value is -1.98. The summed E-state index contributed by atoms with van der Waals surface area (Å²) in [7, 11) is 0. The monoisotopic (exact) mass is 192 g/mol. The van der Waals surface area contributed by atoms with Crippen LogP contribution in [-0.2, 0) is 9.59 Å². The molecule has 6 heteroatoms. The van der Waals surface area contributed by atoms with E-state index in [4.69, 9.17) is 5.73 Å². The lowest BCUT2D eigenvalue weighted by atomic mass is 10.1. The fraction of sp³-hybridized carbons (Fsp3) is 0.250. The third-order valence-electron chi connectivity index (χ3n) is 1.95. The second-order valence-corrected chi connectivity index (χ2v) is 3.01. The van der Waals surface area contributed by atoms with Crippen molar-refractivity contribution in [3.8, 4) is 0 Å². The lowest BCUT2D eigenvalue weighted by Crippen LogP contribution is -2.45. The van der Waals surface area contributed by atoms with Gasteiger partial charge in [-0.15, -0.1) is 0 Å². The Bertz CT molecular complexity index is 419. The molecule has 0 spiro atoms. The zero-order valence-electron chi connectivity index (χ0n) is 7.44. The minimum atomic E-state index is -0.621. The summed E-state index contributed by atoms with van der Waals surface area (Å²) >= 11 is 0. The van der Waals surface area contributed by atoms with Gasteiger partial charge in [0.25, 0.3) is 11.8 Å². The van der Waals surface area contributed by atoms with Gasteiger partial charge in [0.1, 0.15) is 11.9 Å². The summed E-state index contributed by atoms with van der Waals surface area (Å²) in [6.45, 7) is 1.71. The molecule has 0 aromatic heterocycles. The molecule has 6 nitrogen and oxygen atoms in total. The molecule has 2 aliphatic heterocycles. The molecule has 1 unspecified atom stereocenters. The second-order valence-electron chi connectivity index (χ2n) is 3.01. The number of carbonyl (C=O) groups is 2. The van der Waals surface area contributed by atoms with Crippen molar-refractivity contribution < 1.29 is 9.59 Å². The zero-order chi connectivity index (χ0) is 10.3. The number of aliphatic imine (C=N–C) groups is 2. The Morgan fingerprint density at radius 2 is 2.29 bits per heavy atom. The normalized spacial score (nSPS) is 24.5. The van der Waals surface area contributed by atoms with Crippen LogP contribution in [0.15, 0.2) is 21.8 Å². The maximum atomic E-state index is 11.3. The van der Waals surface area contributed by atoms with Crippen molar-refractivity contribution in [1.29, 1.82) is 0 Å². The number of fused-ring (bicyclic) bond motifs is 1. The lowest BCUT2D eigenvalue weighted by molar-refractivity contribution is -0.115. The van der Waals surface area contributed by atoms with Crippen molar-refractivity contribution in [1.82, 2.24) is 5.32 Å². The first-order chi connectivity index (χ1) is 6.59. The van der Waals surface area contributed by atoms with Gasteiger partial charge in [0.2, 0.25) is 0 Å². The zero-order valence-corrected chi connectivity index (χ0v) is 7.44. The molecule has 0 aromatic carbocycles. The van der Waals surface area contributed by atoms with Crippen LogP contribution in [0.5, 0.6) is 0 Å². The van der Waals surface area contributed by atoms with Crippen LogP contribution >= 0.6 is 0 Å². The summed E-state index contributed by atoms with van der Waals surface area (Å²) in [6.07, 6.45) is 0.922. The molecule has 2 amide bonds. The number of nitrogens with one attached hydrogen (secondary N) is 1. The van der Waals surface area contributed by atoms with Crippen LogP contribution in [-0.4, -0.2) is 29.4 Å². The molecule has 0 aromatic rings. The Morgan fingerprint density at radius 3 is 2.93 bits per heavy atom. The topological polar surface area (TPSA) is 96.9 Å². The number of hydrogen-bond acceptors (Lipinski definition) is 4. The maximum Gasteiger partial charge on any atom is 0.273 e. The van der Waals surface area contributed by atoms with Crippen LogP contribution in [0.1, 0.15) is 6.92 Å². The molecule has 2 heterocycles. The smallest absolute Gasteiger partial charge is 0.273 e. The number of amides is 2. The first-order valence-electron chi connectivity index (χ1n) is 4.07. The molecule has 0 radical (unpaired) electrons. The first kappa shape index (κ1) is 8.61. The van der Waals surface area contributed by atoms with Gasteiger partial charge in [0, 0.05) is 6.20 Å². The van der Waals surface area contributed by atoms with Gasteiger partial charge in [-0.3, -0.25) is 14.6 Å². The van der Waals surface area contributed by atoms with Gasteiger partial charge in [-0.2, -0.15) is 0 Å². The van der Waals surface area contributed by atoms with Gasteiger partial charge in [-0.25, -0.2) is 4.99 Å². The highest BCUT2D eigenvalue weighted by Crippen LogP contribution is 2.13. The fourth-order valence-electron chi connectivity index (χ4n) is 1.34. The first-order valence-corrected chi connectivity index (χ1v) is 4.07. The van der Waals surface area contributed by atoms with E-state index >= 15 is 0 Å². The third kappa shape index (κ3) is 1.12.